The average molecular weight is 296 g/mol. The topological polar surface area (TPSA) is 74.6 Å². The lowest BCUT2D eigenvalue weighted by molar-refractivity contribution is 0.0685. The quantitative estimate of drug-likeness (QED) is 0.801. The second kappa shape index (κ2) is 7.22. The highest BCUT2D eigenvalue weighted by Crippen LogP contribution is 2.12. The van der Waals surface area contributed by atoms with Crippen LogP contribution in [0.3, 0.4) is 0 Å². The van der Waals surface area contributed by atoms with Crippen LogP contribution in [0.1, 0.15) is 31.8 Å². The van der Waals surface area contributed by atoms with Crippen molar-refractivity contribution < 1.29 is 19.8 Å². The number of allylic oxidation sites excluding steroid dienone is 2. The smallest absolute Gasteiger partial charge is 0.335 e. The lowest BCUT2D eigenvalue weighted by atomic mass is 10.0. The Morgan fingerprint density at radius 1 is 0.727 bits per heavy atom. The third-order valence-electron chi connectivity index (χ3n) is 3.34. The van der Waals surface area contributed by atoms with E-state index in [0.717, 1.165) is 11.1 Å². The molecule has 112 valence electrons. The Labute approximate surface area is 128 Å². The van der Waals surface area contributed by atoms with Crippen LogP contribution in [-0.2, 0) is 12.8 Å². The zero-order valence-corrected chi connectivity index (χ0v) is 11.9. The van der Waals surface area contributed by atoms with Gasteiger partial charge in [-0.05, 0) is 36.1 Å². The van der Waals surface area contributed by atoms with Gasteiger partial charge in [-0.25, -0.2) is 9.59 Å². The Morgan fingerprint density at radius 2 is 1.09 bits per heavy atom. The van der Waals surface area contributed by atoms with E-state index in [1.807, 2.05) is 12.2 Å². The molecular weight excluding hydrogens is 280 g/mol. The Kier molecular flexibility index (Phi) is 5.09. The van der Waals surface area contributed by atoms with Crippen LogP contribution >= 0.6 is 0 Å². The predicted molar refractivity (Wildman–Crippen MR) is 83.4 cm³/mol. The fourth-order valence-electron chi connectivity index (χ4n) is 2.23. The fourth-order valence-corrected chi connectivity index (χ4v) is 2.23. The van der Waals surface area contributed by atoms with Gasteiger partial charge in [0.25, 0.3) is 0 Å². The molecule has 0 aliphatic rings. The lowest BCUT2D eigenvalue weighted by Gasteiger charge is -2.03. The summed E-state index contributed by atoms with van der Waals surface area (Å²) in [5, 5.41) is 18.2. The van der Waals surface area contributed by atoms with E-state index in [4.69, 9.17) is 10.2 Å². The van der Waals surface area contributed by atoms with Gasteiger partial charge >= 0.3 is 11.9 Å². The Morgan fingerprint density at radius 3 is 1.45 bits per heavy atom. The number of carboxylic acids is 2. The molecule has 0 amide bonds. The van der Waals surface area contributed by atoms with E-state index in [9.17, 15) is 9.59 Å². The van der Waals surface area contributed by atoms with Crippen molar-refractivity contribution >= 4 is 11.9 Å². The van der Waals surface area contributed by atoms with E-state index >= 15 is 0 Å². The molecule has 4 heteroatoms. The first-order chi connectivity index (χ1) is 10.6. The Hall–Kier alpha value is -2.88. The van der Waals surface area contributed by atoms with Gasteiger partial charge in [0.1, 0.15) is 0 Å². The van der Waals surface area contributed by atoms with Crippen molar-refractivity contribution in [2.75, 3.05) is 0 Å². The minimum absolute atomic E-state index is 0.290. The summed E-state index contributed by atoms with van der Waals surface area (Å²) >= 11 is 0. The van der Waals surface area contributed by atoms with Crippen LogP contribution in [0.5, 0.6) is 0 Å². The second-order valence-electron chi connectivity index (χ2n) is 4.80. The number of aromatic carboxylic acids is 2. The summed E-state index contributed by atoms with van der Waals surface area (Å²) in [6.45, 7) is 0. The molecule has 0 bridgehead atoms. The lowest BCUT2D eigenvalue weighted by Crippen LogP contribution is -2.02. The molecule has 0 aromatic heterocycles. The van der Waals surface area contributed by atoms with Crippen molar-refractivity contribution in [2.45, 2.75) is 12.8 Å². The first-order valence-corrected chi connectivity index (χ1v) is 6.87. The molecule has 2 aromatic carbocycles. The maximum absolute atomic E-state index is 11.1. The first-order valence-electron chi connectivity index (χ1n) is 6.87. The van der Waals surface area contributed by atoms with Crippen molar-refractivity contribution in [1.82, 2.24) is 0 Å². The van der Waals surface area contributed by atoms with E-state index in [1.54, 1.807) is 48.5 Å². The van der Waals surface area contributed by atoms with Crippen LogP contribution in [-0.4, -0.2) is 22.2 Å². The molecule has 22 heavy (non-hydrogen) atoms. The van der Waals surface area contributed by atoms with Gasteiger partial charge in [-0.2, -0.15) is 0 Å². The van der Waals surface area contributed by atoms with Gasteiger partial charge in [-0.15, -0.1) is 0 Å². The number of benzene rings is 2. The molecule has 0 aliphatic carbocycles. The van der Waals surface area contributed by atoms with Crippen molar-refractivity contribution in [3.63, 3.8) is 0 Å². The SMILES string of the molecule is O=C(O)c1ccccc1C/C=C/Cc1ccccc1C(=O)O. The number of hydrogen-bond acceptors (Lipinski definition) is 2. The van der Waals surface area contributed by atoms with Crippen LogP contribution < -0.4 is 0 Å². The summed E-state index contributed by atoms with van der Waals surface area (Å²) in [7, 11) is 0. The molecule has 0 fully saturated rings. The van der Waals surface area contributed by atoms with Gasteiger partial charge in [0, 0.05) is 0 Å². The number of carbonyl (C=O) groups is 2. The second-order valence-corrected chi connectivity index (χ2v) is 4.80. The molecule has 2 rings (SSSR count). The van der Waals surface area contributed by atoms with Gasteiger partial charge in [0.15, 0.2) is 0 Å². The molecule has 0 unspecified atom stereocenters. The fraction of sp³-hybridized carbons (Fsp3) is 0.111. The van der Waals surface area contributed by atoms with Gasteiger partial charge in [0.2, 0.25) is 0 Å². The van der Waals surface area contributed by atoms with Gasteiger partial charge < -0.3 is 10.2 Å². The van der Waals surface area contributed by atoms with Crippen LogP contribution in [0.2, 0.25) is 0 Å². The largest absolute Gasteiger partial charge is 0.478 e. The van der Waals surface area contributed by atoms with Gasteiger partial charge in [-0.1, -0.05) is 48.6 Å². The molecule has 0 heterocycles. The Balaban J connectivity index is 2.06. The summed E-state index contributed by atoms with van der Waals surface area (Å²) in [5.74, 6) is -1.89. The molecule has 0 aliphatic heterocycles. The predicted octanol–water partition coefficient (Wildman–Crippen LogP) is 3.42. The first kappa shape index (κ1) is 15.5. The highest BCUT2D eigenvalue weighted by Gasteiger charge is 2.08. The number of rotatable bonds is 6. The summed E-state index contributed by atoms with van der Waals surface area (Å²) in [6, 6.07) is 13.7. The molecule has 0 spiro atoms. The molecule has 2 aromatic rings. The van der Waals surface area contributed by atoms with Crippen LogP contribution in [0.4, 0.5) is 0 Å². The zero-order valence-electron chi connectivity index (χ0n) is 11.9. The van der Waals surface area contributed by atoms with E-state index in [-0.39, 0.29) is 11.1 Å². The molecule has 0 saturated carbocycles. The van der Waals surface area contributed by atoms with Crippen molar-refractivity contribution in [3.8, 4) is 0 Å². The average Bonchev–Trinajstić information content (AvgIpc) is 2.52. The van der Waals surface area contributed by atoms with Crippen molar-refractivity contribution in [3.05, 3.63) is 82.9 Å². The van der Waals surface area contributed by atoms with Crippen molar-refractivity contribution in [1.29, 1.82) is 0 Å². The number of hydrogen-bond donors (Lipinski definition) is 2. The molecule has 2 N–H and O–H groups in total. The molecule has 0 atom stereocenters. The van der Waals surface area contributed by atoms with E-state index < -0.39 is 11.9 Å². The van der Waals surface area contributed by atoms with E-state index in [0.29, 0.717) is 12.8 Å². The van der Waals surface area contributed by atoms with Crippen LogP contribution in [0, 0.1) is 0 Å². The van der Waals surface area contributed by atoms with E-state index in [1.165, 1.54) is 0 Å². The highest BCUT2D eigenvalue weighted by molar-refractivity contribution is 5.90. The number of carboxylic acid groups (broad SMARTS) is 2. The summed E-state index contributed by atoms with van der Waals surface area (Å²) in [6.07, 6.45) is 4.72. The van der Waals surface area contributed by atoms with Gasteiger partial charge in [0.05, 0.1) is 11.1 Å². The summed E-state index contributed by atoms with van der Waals surface area (Å²) in [4.78, 5) is 22.2. The summed E-state index contributed by atoms with van der Waals surface area (Å²) in [5.41, 5.74) is 2.05. The molecule has 0 saturated heterocycles. The Bertz CT molecular complexity index is 655. The molecule has 0 radical (unpaired) electrons. The maximum atomic E-state index is 11.1. The maximum Gasteiger partial charge on any atom is 0.335 e. The minimum Gasteiger partial charge on any atom is -0.478 e. The monoisotopic (exact) mass is 296 g/mol. The zero-order chi connectivity index (χ0) is 15.9. The minimum atomic E-state index is -0.944. The normalized spacial score (nSPS) is 10.7. The third kappa shape index (κ3) is 3.82. The third-order valence-corrected chi connectivity index (χ3v) is 3.34. The highest BCUT2D eigenvalue weighted by atomic mass is 16.4. The summed E-state index contributed by atoms with van der Waals surface area (Å²) < 4.78 is 0. The molecular formula is C18H16O4. The standard InChI is InChI=1S/C18H16O4/c19-17(20)15-11-5-3-9-13(15)7-1-2-8-14-10-4-6-12-16(14)18(21)22/h1-6,9-12H,7-8H2,(H,19,20)(H,21,22)/b2-1+. The van der Waals surface area contributed by atoms with Gasteiger partial charge in [-0.3, -0.25) is 0 Å². The molecule has 4 nitrogen and oxygen atoms in total. The van der Waals surface area contributed by atoms with Crippen LogP contribution in [0.25, 0.3) is 0 Å². The van der Waals surface area contributed by atoms with E-state index in [2.05, 4.69) is 0 Å². The van der Waals surface area contributed by atoms with Crippen LogP contribution in [0.15, 0.2) is 60.7 Å². The van der Waals surface area contributed by atoms with Crippen molar-refractivity contribution in [2.24, 2.45) is 0 Å².